The van der Waals surface area contributed by atoms with Gasteiger partial charge >= 0.3 is 0 Å². The van der Waals surface area contributed by atoms with Crippen molar-refractivity contribution in [1.82, 2.24) is 0 Å². The summed E-state index contributed by atoms with van der Waals surface area (Å²) in [5, 5.41) is 14.6. The van der Waals surface area contributed by atoms with E-state index in [-0.39, 0.29) is 0 Å². The Morgan fingerprint density at radius 1 is 0.522 bits per heavy atom. The van der Waals surface area contributed by atoms with Gasteiger partial charge in [-0.1, -0.05) is 127 Å². The summed E-state index contributed by atoms with van der Waals surface area (Å²) >= 11 is 0. The van der Waals surface area contributed by atoms with Crippen molar-refractivity contribution in [3.05, 3.63) is 144 Å². The maximum absolute atomic E-state index is 9.47. The summed E-state index contributed by atoms with van der Waals surface area (Å²) in [5.74, 6) is 2.87. The summed E-state index contributed by atoms with van der Waals surface area (Å²) in [6, 6.07) is 46.6. The predicted molar refractivity (Wildman–Crippen MR) is 192 cm³/mol. The molecular formula is C45H37N. The van der Waals surface area contributed by atoms with Crippen LogP contribution in [0.25, 0.3) is 56.0 Å². The second kappa shape index (κ2) is 10.9. The summed E-state index contributed by atoms with van der Waals surface area (Å²) in [6.45, 7) is 0. The van der Waals surface area contributed by atoms with Crippen molar-refractivity contribution in [1.29, 1.82) is 5.26 Å². The highest BCUT2D eigenvalue weighted by Crippen LogP contribution is 2.61. The molecule has 6 aromatic carbocycles. The van der Waals surface area contributed by atoms with Gasteiger partial charge in [-0.3, -0.25) is 0 Å². The molecule has 6 aromatic rings. The van der Waals surface area contributed by atoms with E-state index in [1.54, 1.807) is 5.56 Å². The fourth-order valence-electron chi connectivity index (χ4n) is 9.90. The van der Waals surface area contributed by atoms with E-state index in [1.165, 1.54) is 82.3 Å². The zero-order valence-electron chi connectivity index (χ0n) is 26.1. The minimum Gasteiger partial charge on any atom is -0.192 e. The van der Waals surface area contributed by atoms with Gasteiger partial charge in [0.1, 0.15) is 0 Å². The van der Waals surface area contributed by atoms with E-state index in [4.69, 9.17) is 0 Å². The van der Waals surface area contributed by atoms with Gasteiger partial charge in [0.15, 0.2) is 0 Å². The molecule has 0 amide bonds. The van der Waals surface area contributed by atoms with E-state index in [0.717, 1.165) is 28.9 Å². The molecule has 10 rings (SSSR count). The van der Waals surface area contributed by atoms with Gasteiger partial charge in [-0.25, -0.2) is 0 Å². The Labute approximate surface area is 271 Å². The molecule has 4 aliphatic carbocycles. The average Bonchev–Trinajstić information content (AvgIpc) is 3.09. The molecule has 0 aliphatic heterocycles. The highest BCUT2D eigenvalue weighted by atomic mass is 14.6. The Hall–Kier alpha value is -4.93. The van der Waals surface area contributed by atoms with Gasteiger partial charge in [-0.2, -0.15) is 5.26 Å². The van der Waals surface area contributed by atoms with Gasteiger partial charge in [-0.15, -0.1) is 0 Å². The molecule has 0 heterocycles. The van der Waals surface area contributed by atoms with E-state index in [1.807, 2.05) is 30.3 Å². The first-order valence-electron chi connectivity index (χ1n) is 17.0. The number of hydrogen-bond donors (Lipinski definition) is 0. The number of rotatable bonds is 5. The monoisotopic (exact) mass is 591 g/mol. The van der Waals surface area contributed by atoms with Crippen LogP contribution in [0.5, 0.6) is 0 Å². The minimum atomic E-state index is 0.418. The molecule has 4 aliphatic rings. The van der Waals surface area contributed by atoms with Crippen LogP contribution in [0.1, 0.15) is 60.8 Å². The van der Waals surface area contributed by atoms with Crippen LogP contribution >= 0.6 is 0 Å². The molecule has 0 radical (unpaired) electrons. The van der Waals surface area contributed by atoms with E-state index in [9.17, 15) is 5.26 Å². The lowest BCUT2D eigenvalue weighted by atomic mass is 9.48. The number of nitrogens with zero attached hydrogens (tertiary/aromatic N) is 1. The Balaban J connectivity index is 1.12. The van der Waals surface area contributed by atoms with Crippen LogP contribution in [0.2, 0.25) is 0 Å². The molecule has 46 heavy (non-hydrogen) atoms. The molecule has 4 bridgehead atoms. The molecule has 0 aromatic heterocycles. The lowest BCUT2D eigenvalue weighted by Crippen LogP contribution is -2.48. The molecule has 222 valence electrons. The van der Waals surface area contributed by atoms with Gasteiger partial charge in [0.25, 0.3) is 0 Å². The number of nitriles is 1. The molecule has 0 N–H and O–H groups in total. The highest BCUT2D eigenvalue weighted by molar-refractivity contribution is 6.21. The molecule has 0 unspecified atom stereocenters. The van der Waals surface area contributed by atoms with Crippen molar-refractivity contribution in [2.45, 2.75) is 43.9 Å². The summed E-state index contributed by atoms with van der Waals surface area (Å²) in [5.41, 5.74) is 9.89. The smallest absolute Gasteiger partial charge is 0.0997 e. The molecule has 0 saturated heterocycles. The lowest BCUT2D eigenvalue weighted by molar-refractivity contribution is -0.00518. The van der Waals surface area contributed by atoms with Crippen molar-refractivity contribution in [2.75, 3.05) is 0 Å². The molecule has 4 fully saturated rings. The first-order chi connectivity index (χ1) is 22.7. The fraction of sp³-hybridized carbons (Fsp3) is 0.222. The van der Waals surface area contributed by atoms with E-state index < -0.39 is 0 Å². The molecule has 4 saturated carbocycles. The Morgan fingerprint density at radius 3 is 1.48 bits per heavy atom. The molecule has 0 atom stereocenters. The second-order valence-electron chi connectivity index (χ2n) is 14.3. The zero-order chi connectivity index (χ0) is 30.7. The maximum atomic E-state index is 9.47. The van der Waals surface area contributed by atoms with Gasteiger partial charge in [-0.05, 0) is 128 Å². The Kier molecular flexibility index (Phi) is 6.46. The SMILES string of the molecule is N#Cc1ccccc1C=Cc1ccc(-c2c3ccccc3c(-c3ccc(C45CC6CC(CC(C6)C4)C5)cc3)c3ccccc23)cc1. The van der Waals surface area contributed by atoms with Gasteiger partial charge < -0.3 is 0 Å². The summed E-state index contributed by atoms with van der Waals surface area (Å²) in [4.78, 5) is 0. The molecule has 0 spiro atoms. The van der Waals surface area contributed by atoms with Crippen LogP contribution in [0, 0.1) is 29.1 Å². The lowest BCUT2D eigenvalue weighted by Gasteiger charge is -2.57. The van der Waals surface area contributed by atoms with Crippen LogP contribution < -0.4 is 0 Å². The third kappa shape index (κ3) is 4.51. The van der Waals surface area contributed by atoms with E-state index >= 15 is 0 Å². The zero-order valence-corrected chi connectivity index (χ0v) is 26.1. The van der Waals surface area contributed by atoms with E-state index in [0.29, 0.717) is 11.0 Å². The van der Waals surface area contributed by atoms with Gasteiger partial charge in [0.05, 0.1) is 11.6 Å². The molecule has 1 heteroatoms. The average molecular weight is 592 g/mol. The number of hydrogen-bond acceptors (Lipinski definition) is 1. The van der Waals surface area contributed by atoms with Crippen molar-refractivity contribution < 1.29 is 0 Å². The van der Waals surface area contributed by atoms with Crippen molar-refractivity contribution in [3.8, 4) is 28.3 Å². The Morgan fingerprint density at radius 2 is 0.978 bits per heavy atom. The summed E-state index contributed by atoms with van der Waals surface area (Å²) < 4.78 is 0. The first-order valence-corrected chi connectivity index (χ1v) is 17.0. The third-order valence-corrected chi connectivity index (χ3v) is 11.5. The van der Waals surface area contributed by atoms with Crippen LogP contribution in [0.15, 0.2) is 121 Å². The van der Waals surface area contributed by atoms with Crippen LogP contribution in [0.3, 0.4) is 0 Å². The normalized spacial score (nSPS) is 23.3. The quantitative estimate of drug-likeness (QED) is 0.144. The van der Waals surface area contributed by atoms with Crippen molar-refractivity contribution in [3.63, 3.8) is 0 Å². The Bertz CT molecular complexity index is 2080. The summed E-state index contributed by atoms with van der Waals surface area (Å²) in [6.07, 6.45) is 12.8. The largest absolute Gasteiger partial charge is 0.192 e. The standard InChI is InChI=1S/C45H37N/c46-29-37-8-2-1-7-34(37)16-13-30-14-17-35(18-15-30)43-39-9-3-5-11-41(39)44(42-12-6-4-10-40(42)43)36-19-21-38(22-20-36)45-26-31-23-32(27-45)25-33(24-31)28-45/h1-22,31-33H,23-28H2. The van der Waals surface area contributed by atoms with Crippen molar-refractivity contribution >= 4 is 33.7 Å². The number of benzene rings is 6. The first kappa shape index (κ1) is 27.4. The van der Waals surface area contributed by atoms with Gasteiger partial charge in [0, 0.05) is 0 Å². The third-order valence-electron chi connectivity index (χ3n) is 11.5. The van der Waals surface area contributed by atoms with Crippen LogP contribution in [-0.4, -0.2) is 0 Å². The molecular weight excluding hydrogens is 555 g/mol. The van der Waals surface area contributed by atoms with Crippen LogP contribution in [-0.2, 0) is 5.41 Å². The second-order valence-corrected chi connectivity index (χ2v) is 14.3. The summed E-state index contributed by atoms with van der Waals surface area (Å²) in [7, 11) is 0. The minimum absolute atomic E-state index is 0.418. The van der Waals surface area contributed by atoms with Gasteiger partial charge in [0.2, 0.25) is 0 Å². The number of fused-ring (bicyclic) bond motifs is 2. The topological polar surface area (TPSA) is 23.8 Å². The predicted octanol–water partition coefficient (Wildman–Crippen LogP) is 11.8. The van der Waals surface area contributed by atoms with Crippen molar-refractivity contribution in [2.24, 2.45) is 17.8 Å². The highest BCUT2D eigenvalue weighted by Gasteiger charge is 2.51. The maximum Gasteiger partial charge on any atom is 0.0997 e. The van der Waals surface area contributed by atoms with E-state index in [2.05, 4.69) is 109 Å². The molecule has 1 nitrogen and oxygen atoms in total. The van der Waals surface area contributed by atoms with Crippen LogP contribution in [0.4, 0.5) is 0 Å². The fourth-order valence-corrected chi connectivity index (χ4v) is 9.90.